The summed E-state index contributed by atoms with van der Waals surface area (Å²) in [5.74, 6) is -0.902. The smallest absolute Gasteiger partial charge is 0.373 e. The number of carboxylic acid groups (broad SMARTS) is 1. The number of anilines is 1. The first-order valence-electron chi connectivity index (χ1n) is 5.81. The molecule has 1 aliphatic heterocycles. The van der Waals surface area contributed by atoms with Crippen LogP contribution in [0.5, 0.6) is 0 Å². The molecule has 20 heavy (non-hydrogen) atoms. The molecular weight excluding hydrogens is 274 g/mol. The van der Waals surface area contributed by atoms with Gasteiger partial charge < -0.3 is 14.7 Å². The fourth-order valence-corrected chi connectivity index (χ4v) is 2.03. The van der Waals surface area contributed by atoms with Gasteiger partial charge in [0, 0.05) is 12.7 Å². The molecule has 0 amide bonds. The van der Waals surface area contributed by atoms with E-state index in [9.17, 15) is 13.6 Å². The number of halogens is 2. The van der Waals surface area contributed by atoms with Gasteiger partial charge >= 0.3 is 12.1 Å². The van der Waals surface area contributed by atoms with Gasteiger partial charge in [0.1, 0.15) is 17.9 Å². The molecule has 0 spiro atoms. The Balaban J connectivity index is 1.99. The number of ether oxygens (including phenoxy) is 1. The molecule has 3 rings (SSSR count). The predicted molar refractivity (Wildman–Crippen MR) is 63.1 cm³/mol. The van der Waals surface area contributed by atoms with E-state index in [1.807, 2.05) is 0 Å². The lowest BCUT2D eigenvalue weighted by atomic mass is 10.3. The van der Waals surface area contributed by atoms with E-state index in [1.54, 1.807) is 0 Å². The number of hydrogen-bond donors (Lipinski definition) is 1. The minimum Gasteiger partial charge on any atom is -0.477 e. The summed E-state index contributed by atoms with van der Waals surface area (Å²) in [5, 5.41) is 12.8. The molecule has 106 valence electrons. The van der Waals surface area contributed by atoms with E-state index in [1.165, 1.54) is 27.9 Å². The Hall–Kier alpha value is -2.29. The summed E-state index contributed by atoms with van der Waals surface area (Å²) < 4.78 is 32.0. The highest BCUT2D eigenvalue weighted by Crippen LogP contribution is 2.25. The lowest BCUT2D eigenvalue weighted by molar-refractivity contribution is -0.240. The zero-order valence-electron chi connectivity index (χ0n) is 10.2. The third-order valence-corrected chi connectivity index (χ3v) is 2.96. The van der Waals surface area contributed by atoms with Crippen LogP contribution in [0.25, 0.3) is 5.65 Å². The van der Waals surface area contributed by atoms with Crippen molar-refractivity contribution in [2.75, 3.05) is 24.6 Å². The minimum atomic E-state index is -3.23. The van der Waals surface area contributed by atoms with E-state index in [-0.39, 0.29) is 30.2 Å². The van der Waals surface area contributed by atoms with Gasteiger partial charge in [-0.1, -0.05) is 0 Å². The third kappa shape index (κ3) is 2.16. The average molecular weight is 284 g/mol. The largest absolute Gasteiger partial charge is 0.477 e. The van der Waals surface area contributed by atoms with Gasteiger partial charge in [-0.2, -0.15) is 13.9 Å². The molecule has 0 aliphatic carbocycles. The Labute approximate surface area is 111 Å². The van der Waals surface area contributed by atoms with Crippen molar-refractivity contribution in [2.45, 2.75) is 6.11 Å². The van der Waals surface area contributed by atoms with E-state index in [0.717, 1.165) is 0 Å². The number of morpholine rings is 1. The molecule has 0 saturated carbocycles. The van der Waals surface area contributed by atoms with Crippen LogP contribution in [0, 0.1) is 0 Å². The van der Waals surface area contributed by atoms with Gasteiger partial charge in [0.05, 0.1) is 12.8 Å². The van der Waals surface area contributed by atoms with Gasteiger partial charge in [-0.25, -0.2) is 14.3 Å². The molecule has 0 bridgehead atoms. The molecule has 1 fully saturated rings. The van der Waals surface area contributed by atoms with Crippen molar-refractivity contribution < 1.29 is 23.4 Å². The van der Waals surface area contributed by atoms with Crippen molar-refractivity contribution in [3.63, 3.8) is 0 Å². The first kappa shape index (κ1) is 12.7. The maximum absolute atomic E-state index is 13.2. The van der Waals surface area contributed by atoms with Crippen LogP contribution in [-0.2, 0) is 4.74 Å². The summed E-state index contributed by atoms with van der Waals surface area (Å²) in [6, 6.07) is 1.51. The van der Waals surface area contributed by atoms with Gasteiger partial charge in [0.2, 0.25) is 0 Å². The molecule has 0 radical (unpaired) electrons. The van der Waals surface area contributed by atoms with Crippen molar-refractivity contribution in [1.82, 2.24) is 14.6 Å². The van der Waals surface area contributed by atoms with Crippen LogP contribution in [0.2, 0.25) is 0 Å². The van der Waals surface area contributed by atoms with Gasteiger partial charge in [0.25, 0.3) is 0 Å². The SMILES string of the molecule is O=C(O)c1cnn2ccc(N3CCOC(F)(F)C3)nc12. The van der Waals surface area contributed by atoms with Gasteiger partial charge in [-0.15, -0.1) is 0 Å². The highest BCUT2D eigenvalue weighted by molar-refractivity contribution is 5.94. The first-order valence-corrected chi connectivity index (χ1v) is 5.81. The summed E-state index contributed by atoms with van der Waals surface area (Å²) in [6.07, 6.45) is -0.581. The average Bonchev–Trinajstić information content (AvgIpc) is 2.80. The summed E-state index contributed by atoms with van der Waals surface area (Å²) >= 11 is 0. The maximum atomic E-state index is 13.2. The zero-order valence-corrected chi connectivity index (χ0v) is 10.2. The lowest BCUT2D eigenvalue weighted by Crippen LogP contribution is -2.47. The first-order chi connectivity index (χ1) is 9.46. The summed E-state index contributed by atoms with van der Waals surface area (Å²) in [6.45, 7) is -0.479. The topological polar surface area (TPSA) is 80.0 Å². The minimum absolute atomic E-state index is 0.0770. The van der Waals surface area contributed by atoms with E-state index >= 15 is 0 Å². The lowest BCUT2D eigenvalue weighted by Gasteiger charge is -2.32. The number of nitrogens with zero attached hydrogens (tertiary/aromatic N) is 4. The molecule has 7 nitrogen and oxygen atoms in total. The molecule has 2 aromatic rings. The fraction of sp³-hybridized carbons (Fsp3) is 0.364. The Bertz CT molecular complexity index is 673. The van der Waals surface area contributed by atoms with Crippen LogP contribution in [0.1, 0.15) is 10.4 Å². The number of fused-ring (bicyclic) bond motifs is 1. The summed E-state index contributed by atoms with van der Waals surface area (Å²) in [7, 11) is 0. The fourth-order valence-electron chi connectivity index (χ4n) is 2.03. The normalized spacial score (nSPS) is 18.4. The zero-order chi connectivity index (χ0) is 14.3. The van der Waals surface area contributed by atoms with Gasteiger partial charge in [0.15, 0.2) is 5.65 Å². The molecule has 0 atom stereocenters. The van der Waals surface area contributed by atoms with E-state index in [2.05, 4.69) is 14.8 Å². The van der Waals surface area contributed by atoms with Crippen LogP contribution < -0.4 is 4.90 Å². The maximum Gasteiger partial charge on any atom is 0.373 e. The van der Waals surface area contributed by atoms with Crippen molar-refractivity contribution in [2.24, 2.45) is 0 Å². The van der Waals surface area contributed by atoms with Crippen LogP contribution >= 0.6 is 0 Å². The molecule has 3 heterocycles. The number of carboxylic acids is 1. The molecule has 1 aliphatic rings. The van der Waals surface area contributed by atoms with E-state index < -0.39 is 18.6 Å². The van der Waals surface area contributed by atoms with E-state index in [0.29, 0.717) is 0 Å². The quantitative estimate of drug-likeness (QED) is 0.881. The highest BCUT2D eigenvalue weighted by atomic mass is 19.3. The second kappa shape index (κ2) is 4.37. The second-order valence-electron chi connectivity index (χ2n) is 4.32. The van der Waals surface area contributed by atoms with Crippen molar-refractivity contribution in [3.8, 4) is 0 Å². The summed E-state index contributed by atoms with van der Waals surface area (Å²) in [4.78, 5) is 16.5. The van der Waals surface area contributed by atoms with Crippen molar-refractivity contribution in [1.29, 1.82) is 0 Å². The van der Waals surface area contributed by atoms with Crippen molar-refractivity contribution in [3.05, 3.63) is 24.0 Å². The Morgan fingerprint density at radius 1 is 1.50 bits per heavy atom. The van der Waals surface area contributed by atoms with Crippen molar-refractivity contribution >= 4 is 17.4 Å². The Morgan fingerprint density at radius 2 is 2.30 bits per heavy atom. The number of aromatic carboxylic acids is 1. The summed E-state index contributed by atoms with van der Waals surface area (Å²) in [5.41, 5.74) is 0.0386. The van der Waals surface area contributed by atoms with Crippen LogP contribution in [-0.4, -0.2) is 51.5 Å². The van der Waals surface area contributed by atoms with Crippen LogP contribution in [0.3, 0.4) is 0 Å². The number of alkyl halides is 2. The van der Waals surface area contributed by atoms with E-state index in [4.69, 9.17) is 5.11 Å². The van der Waals surface area contributed by atoms with Gasteiger partial charge in [-0.3, -0.25) is 0 Å². The second-order valence-corrected chi connectivity index (χ2v) is 4.32. The monoisotopic (exact) mass is 284 g/mol. The number of aromatic nitrogens is 3. The Kier molecular flexibility index (Phi) is 2.78. The molecule has 1 N–H and O–H groups in total. The standard InChI is InChI=1S/C11H10F2N4O3/c12-11(13)6-16(3-4-20-11)8-1-2-17-9(15-8)7(5-14-17)10(18)19/h1-2,5H,3-4,6H2,(H,18,19). The third-order valence-electron chi connectivity index (χ3n) is 2.96. The molecule has 0 aromatic carbocycles. The number of carbonyl (C=O) groups is 1. The molecular formula is C11H10F2N4O3. The predicted octanol–water partition coefficient (Wildman–Crippen LogP) is 0.857. The molecule has 1 saturated heterocycles. The molecule has 0 unspecified atom stereocenters. The molecule has 2 aromatic heterocycles. The number of rotatable bonds is 2. The van der Waals surface area contributed by atoms with Crippen LogP contribution in [0.4, 0.5) is 14.6 Å². The van der Waals surface area contributed by atoms with Gasteiger partial charge in [-0.05, 0) is 6.07 Å². The molecule has 9 heteroatoms. The number of hydrogen-bond acceptors (Lipinski definition) is 5. The highest BCUT2D eigenvalue weighted by Gasteiger charge is 2.37. The van der Waals surface area contributed by atoms with Crippen LogP contribution in [0.15, 0.2) is 18.5 Å². The Morgan fingerprint density at radius 3 is 3.00 bits per heavy atom.